The van der Waals surface area contributed by atoms with Gasteiger partial charge in [-0.3, -0.25) is 4.79 Å². The number of hydrogen-bond donors (Lipinski definition) is 4. The number of carbonyl (C=O) groups is 1. The molecule has 0 aromatic heterocycles. The van der Waals surface area contributed by atoms with Crippen LogP contribution in [0, 0.1) is 0 Å². The first-order valence-corrected chi connectivity index (χ1v) is 10.6. The standard InChI is InChI=1S/C25H28O7/c1-12(2)5-6-13-7-14(8-16-22(29)24(25(3,4)30)32-23(13)16)19-11-18(28)21-17(27)9-15(26)10-20(21)31-19/h5,7-10,19,22,24,26-27,29-30H,6,11H2,1-4H3/t19-,22-,24-/m0/s1. The third-order valence-electron chi connectivity index (χ3n) is 5.85. The maximum Gasteiger partial charge on any atom is 0.174 e. The lowest BCUT2D eigenvalue weighted by Gasteiger charge is -2.27. The minimum Gasteiger partial charge on any atom is -0.508 e. The first-order valence-electron chi connectivity index (χ1n) is 10.6. The molecule has 2 aromatic carbocycles. The fourth-order valence-corrected chi connectivity index (χ4v) is 4.25. The zero-order valence-corrected chi connectivity index (χ0v) is 18.5. The molecular weight excluding hydrogens is 412 g/mol. The minimum absolute atomic E-state index is 0.00190. The lowest BCUT2D eigenvalue weighted by atomic mass is 9.89. The van der Waals surface area contributed by atoms with E-state index >= 15 is 0 Å². The molecule has 2 aliphatic heterocycles. The summed E-state index contributed by atoms with van der Waals surface area (Å²) in [6.07, 6.45) is 0.0306. The number of aliphatic hydroxyl groups is 2. The van der Waals surface area contributed by atoms with Gasteiger partial charge in [0.05, 0.1) is 12.0 Å². The van der Waals surface area contributed by atoms with Crippen molar-refractivity contribution in [1.82, 2.24) is 0 Å². The molecule has 0 spiro atoms. The molecule has 7 heteroatoms. The Morgan fingerprint density at radius 1 is 1.16 bits per heavy atom. The monoisotopic (exact) mass is 440 g/mol. The molecule has 3 atom stereocenters. The van der Waals surface area contributed by atoms with Crippen molar-refractivity contribution in [3.05, 3.63) is 58.2 Å². The molecule has 4 N–H and O–H groups in total. The second kappa shape index (κ2) is 7.83. The predicted octanol–water partition coefficient (Wildman–Crippen LogP) is 3.88. The van der Waals surface area contributed by atoms with Gasteiger partial charge in [-0.15, -0.1) is 0 Å². The molecule has 0 radical (unpaired) electrons. The first kappa shape index (κ1) is 22.2. The van der Waals surface area contributed by atoms with Gasteiger partial charge >= 0.3 is 0 Å². The van der Waals surface area contributed by atoms with Crippen LogP contribution >= 0.6 is 0 Å². The van der Waals surface area contributed by atoms with Crippen molar-refractivity contribution in [3.63, 3.8) is 0 Å². The van der Waals surface area contributed by atoms with Crippen LogP contribution in [0.1, 0.15) is 73.4 Å². The Morgan fingerprint density at radius 2 is 1.88 bits per heavy atom. The van der Waals surface area contributed by atoms with E-state index in [4.69, 9.17) is 9.47 Å². The number of allylic oxidation sites excluding steroid dienone is 2. The molecule has 2 aliphatic rings. The number of phenolic OH excluding ortho intramolecular Hbond substituents is 2. The Kier molecular flexibility index (Phi) is 5.43. The molecular formula is C25H28O7. The molecule has 0 bridgehead atoms. The minimum atomic E-state index is -1.27. The van der Waals surface area contributed by atoms with E-state index in [2.05, 4.69) is 0 Å². The molecule has 0 fully saturated rings. The lowest BCUT2D eigenvalue weighted by Crippen LogP contribution is -2.41. The summed E-state index contributed by atoms with van der Waals surface area (Å²) in [7, 11) is 0. The van der Waals surface area contributed by atoms with E-state index < -0.39 is 23.9 Å². The number of rotatable bonds is 4. The van der Waals surface area contributed by atoms with Crippen LogP contribution in [0.3, 0.4) is 0 Å². The summed E-state index contributed by atoms with van der Waals surface area (Å²) in [4.78, 5) is 12.7. The summed E-state index contributed by atoms with van der Waals surface area (Å²) in [5.41, 5.74) is 1.91. The zero-order chi connectivity index (χ0) is 23.4. The van der Waals surface area contributed by atoms with Gasteiger partial charge in [-0.2, -0.15) is 0 Å². The van der Waals surface area contributed by atoms with E-state index in [1.165, 1.54) is 6.07 Å². The number of ketones is 1. The third kappa shape index (κ3) is 3.94. The van der Waals surface area contributed by atoms with Crippen molar-refractivity contribution in [2.24, 2.45) is 0 Å². The van der Waals surface area contributed by atoms with Gasteiger partial charge in [0.1, 0.15) is 40.8 Å². The topological polar surface area (TPSA) is 116 Å². The fourth-order valence-electron chi connectivity index (χ4n) is 4.25. The van der Waals surface area contributed by atoms with Crippen LogP contribution in [0.4, 0.5) is 0 Å². The predicted molar refractivity (Wildman–Crippen MR) is 117 cm³/mol. The Hall–Kier alpha value is -3.03. The maximum atomic E-state index is 12.7. The number of aliphatic hydroxyl groups excluding tert-OH is 1. The van der Waals surface area contributed by atoms with E-state index in [1.54, 1.807) is 19.9 Å². The van der Waals surface area contributed by atoms with Crippen LogP contribution in [-0.2, 0) is 6.42 Å². The van der Waals surface area contributed by atoms with Gasteiger partial charge < -0.3 is 29.9 Å². The van der Waals surface area contributed by atoms with E-state index in [-0.39, 0.29) is 35.0 Å². The Morgan fingerprint density at radius 3 is 2.53 bits per heavy atom. The highest BCUT2D eigenvalue weighted by atomic mass is 16.5. The van der Waals surface area contributed by atoms with Crippen molar-refractivity contribution in [1.29, 1.82) is 0 Å². The Labute approximate surface area is 186 Å². The molecule has 0 unspecified atom stereocenters. The normalized spacial score (nSPS) is 21.9. The van der Waals surface area contributed by atoms with Gasteiger partial charge in [0.15, 0.2) is 11.9 Å². The van der Waals surface area contributed by atoms with Crippen molar-refractivity contribution >= 4 is 5.78 Å². The summed E-state index contributed by atoms with van der Waals surface area (Å²) in [5, 5.41) is 41.2. The highest BCUT2D eigenvalue weighted by molar-refractivity contribution is 6.02. The van der Waals surface area contributed by atoms with E-state index in [1.807, 2.05) is 26.0 Å². The molecule has 32 heavy (non-hydrogen) atoms. The summed E-state index contributed by atoms with van der Waals surface area (Å²) in [6, 6.07) is 6.03. The van der Waals surface area contributed by atoms with E-state index in [9.17, 15) is 25.2 Å². The second-order valence-corrected chi connectivity index (χ2v) is 9.29. The maximum absolute atomic E-state index is 12.7. The average molecular weight is 440 g/mol. The molecule has 2 heterocycles. The highest BCUT2D eigenvalue weighted by Crippen LogP contribution is 2.47. The van der Waals surface area contributed by atoms with E-state index in [0.717, 1.165) is 17.2 Å². The number of carbonyl (C=O) groups excluding carboxylic acids is 1. The number of ether oxygens (including phenoxy) is 2. The number of aromatic hydroxyl groups is 2. The summed E-state index contributed by atoms with van der Waals surface area (Å²) in [5.74, 6) is -0.181. The van der Waals surface area contributed by atoms with Gasteiger partial charge in [0.2, 0.25) is 0 Å². The molecule has 0 saturated heterocycles. The Bertz CT molecular complexity index is 1110. The molecule has 0 saturated carbocycles. The second-order valence-electron chi connectivity index (χ2n) is 9.29. The van der Waals surface area contributed by atoms with Gasteiger partial charge in [-0.05, 0) is 57.4 Å². The lowest BCUT2D eigenvalue weighted by molar-refractivity contribution is -0.0764. The van der Waals surface area contributed by atoms with Crippen LogP contribution in [-0.4, -0.2) is 37.9 Å². The van der Waals surface area contributed by atoms with Crippen molar-refractivity contribution in [2.45, 2.75) is 64.4 Å². The smallest absolute Gasteiger partial charge is 0.174 e. The summed E-state index contributed by atoms with van der Waals surface area (Å²) < 4.78 is 12.0. The van der Waals surface area contributed by atoms with Crippen LogP contribution in [0.2, 0.25) is 0 Å². The molecule has 0 amide bonds. The quantitative estimate of drug-likeness (QED) is 0.533. The number of benzene rings is 2. The van der Waals surface area contributed by atoms with Crippen LogP contribution < -0.4 is 9.47 Å². The third-order valence-corrected chi connectivity index (χ3v) is 5.85. The van der Waals surface area contributed by atoms with Crippen molar-refractivity contribution < 1.29 is 34.7 Å². The van der Waals surface area contributed by atoms with Crippen molar-refractivity contribution in [2.75, 3.05) is 0 Å². The number of fused-ring (bicyclic) bond motifs is 2. The number of phenols is 2. The number of Topliss-reactive ketones (excluding diaryl/α,β-unsaturated/α-hetero) is 1. The first-order chi connectivity index (χ1) is 15.0. The molecule has 7 nitrogen and oxygen atoms in total. The zero-order valence-electron chi connectivity index (χ0n) is 18.5. The molecule has 0 aliphatic carbocycles. The van der Waals surface area contributed by atoms with Gasteiger partial charge in [-0.1, -0.05) is 11.6 Å². The molecule has 170 valence electrons. The summed E-state index contributed by atoms with van der Waals surface area (Å²) >= 11 is 0. The fraction of sp³-hybridized carbons (Fsp3) is 0.400. The SMILES string of the molecule is CC(C)=CCc1cc([C@@H]2CC(=O)c3c(O)cc(O)cc3O2)cc2c1O[C@H](C(C)(C)O)[C@H]2O. The van der Waals surface area contributed by atoms with Gasteiger partial charge in [0, 0.05) is 17.7 Å². The van der Waals surface area contributed by atoms with Crippen LogP contribution in [0.15, 0.2) is 35.9 Å². The average Bonchev–Trinajstić information content (AvgIpc) is 3.02. The number of hydrogen-bond acceptors (Lipinski definition) is 7. The molecule has 2 aromatic rings. The Balaban J connectivity index is 1.78. The summed E-state index contributed by atoms with van der Waals surface area (Å²) in [6.45, 7) is 7.14. The molecule has 4 rings (SSSR count). The van der Waals surface area contributed by atoms with Gasteiger partial charge in [0.25, 0.3) is 0 Å². The van der Waals surface area contributed by atoms with E-state index in [0.29, 0.717) is 23.3 Å². The van der Waals surface area contributed by atoms with Crippen molar-refractivity contribution in [3.8, 4) is 23.0 Å². The van der Waals surface area contributed by atoms with Crippen LogP contribution in [0.5, 0.6) is 23.0 Å². The largest absolute Gasteiger partial charge is 0.508 e. The van der Waals surface area contributed by atoms with Gasteiger partial charge in [-0.25, -0.2) is 0 Å². The van der Waals surface area contributed by atoms with Crippen LogP contribution in [0.25, 0.3) is 0 Å². The highest BCUT2D eigenvalue weighted by Gasteiger charge is 2.44.